The van der Waals surface area contributed by atoms with Crippen molar-refractivity contribution in [2.45, 2.75) is 65.2 Å². The highest BCUT2D eigenvalue weighted by Crippen LogP contribution is 2.14. The fourth-order valence-electron chi connectivity index (χ4n) is 2.98. The highest BCUT2D eigenvalue weighted by Gasteiger charge is 2.22. The summed E-state index contributed by atoms with van der Waals surface area (Å²) in [5.41, 5.74) is 0. The lowest BCUT2D eigenvalue weighted by Crippen LogP contribution is -2.49. The first kappa shape index (κ1) is 18.4. The molecule has 1 heteroatoms. The monoisotopic (exact) mass is 266 g/mol. The van der Waals surface area contributed by atoms with Crippen molar-refractivity contribution in [2.75, 3.05) is 26.2 Å². The van der Waals surface area contributed by atoms with E-state index in [2.05, 4.69) is 39.2 Å². The van der Waals surface area contributed by atoms with Crippen molar-refractivity contribution >= 4 is 0 Å². The van der Waals surface area contributed by atoms with E-state index in [1.165, 1.54) is 68.9 Å². The molecule has 0 N–H and O–H groups in total. The Balaban J connectivity index is 3.96. The Morgan fingerprint density at radius 2 is 1.21 bits per heavy atom. The number of hydrogen-bond acceptors (Lipinski definition) is 0. The molecule has 0 aliphatic heterocycles. The van der Waals surface area contributed by atoms with Gasteiger partial charge in [0.25, 0.3) is 0 Å². The Bertz CT molecular complexity index is 210. The first-order chi connectivity index (χ1) is 9.24. The molecule has 0 aliphatic rings. The van der Waals surface area contributed by atoms with Gasteiger partial charge in [-0.3, -0.25) is 0 Å². The Hall–Kier alpha value is -0.560. The minimum Gasteiger partial charge on any atom is -0.317 e. The Morgan fingerprint density at radius 3 is 1.68 bits per heavy atom. The van der Waals surface area contributed by atoms with E-state index in [-0.39, 0.29) is 0 Å². The third-order valence-corrected chi connectivity index (χ3v) is 3.97. The molecule has 0 heterocycles. The summed E-state index contributed by atoms with van der Waals surface area (Å²) in [7, 11) is 0. The van der Waals surface area contributed by atoms with Gasteiger partial charge in [-0.15, -0.1) is 0 Å². The van der Waals surface area contributed by atoms with E-state index in [9.17, 15) is 0 Å². The molecule has 0 saturated heterocycles. The van der Waals surface area contributed by atoms with Gasteiger partial charge in [0.15, 0.2) is 0 Å². The summed E-state index contributed by atoms with van der Waals surface area (Å²) in [6, 6.07) is 0. The number of unbranched alkanes of at least 4 members (excludes halogenated alkanes) is 6. The molecule has 19 heavy (non-hydrogen) atoms. The second kappa shape index (κ2) is 12.5. The van der Waals surface area contributed by atoms with E-state index in [4.69, 9.17) is 0 Å². The van der Waals surface area contributed by atoms with Crippen molar-refractivity contribution in [3.8, 4) is 0 Å². The average molecular weight is 266 g/mol. The van der Waals surface area contributed by atoms with E-state index < -0.39 is 0 Å². The molecule has 0 unspecified atom stereocenters. The molecule has 0 spiro atoms. The first-order valence-corrected chi connectivity index (χ1v) is 8.31. The molecule has 0 aromatic carbocycles. The minimum atomic E-state index is 1.09. The number of nitrogens with zero attached hydrogens (tertiary/aromatic N) is 1. The molecule has 0 aliphatic carbocycles. The van der Waals surface area contributed by atoms with Crippen molar-refractivity contribution < 1.29 is 4.48 Å². The van der Waals surface area contributed by atoms with E-state index in [1.54, 1.807) is 0 Å². The summed E-state index contributed by atoms with van der Waals surface area (Å²) < 4.78 is 1.17. The zero-order chi connectivity index (χ0) is 14.4. The van der Waals surface area contributed by atoms with Crippen LogP contribution in [0, 0.1) is 0 Å². The maximum absolute atomic E-state index is 3.94. The summed E-state index contributed by atoms with van der Waals surface area (Å²) in [6.45, 7) is 17.2. The smallest absolute Gasteiger partial charge is 0.0973 e. The zero-order valence-electron chi connectivity index (χ0n) is 13.5. The van der Waals surface area contributed by atoms with Crippen LogP contribution in [0.4, 0.5) is 0 Å². The highest BCUT2D eigenvalue weighted by atomic mass is 15.3. The Morgan fingerprint density at radius 1 is 0.684 bits per heavy atom. The van der Waals surface area contributed by atoms with Gasteiger partial charge < -0.3 is 4.48 Å². The van der Waals surface area contributed by atoms with Crippen LogP contribution in [0.3, 0.4) is 0 Å². The van der Waals surface area contributed by atoms with Gasteiger partial charge in [-0.1, -0.05) is 59.1 Å². The normalized spacial score (nSPS) is 11.5. The van der Waals surface area contributed by atoms with Crippen molar-refractivity contribution in [3.63, 3.8) is 0 Å². The Kier molecular flexibility index (Phi) is 12.1. The molecule has 0 amide bonds. The maximum Gasteiger partial charge on any atom is 0.0973 e. The van der Waals surface area contributed by atoms with Crippen LogP contribution in [-0.4, -0.2) is 30.7 Å². The predicted octanol–water partition coefficient (Wildman–Crippen LogP) is 5.34. The van der Waals surface area contributed by atoms with E-state index in [0.717, 1.165) is 13.1 Å². The van der Waals surface area contributed by atoms with Crippen molar-refractivity contribution in [1.82, 2.24) is 0 Å². The molecule has 0 fully saturated rings. The van der Waals surface area contributed by atoms with Crippen LogP contribution < -0.4 is 0 Å². The molecular weight excluding hydrogens is 230 g/mol. The van der Waals surface area contributed by atoms with Gasteiger partial charge in [0, 0.05) is 0 Å². The van der Waals surface area contributed by atoms with Crippen LogP contribution in [0.15, 0.2) is 25.3 Å². The van der Waals surface area contributed by atoms with Crippen LogP contribution in [0.5, 0.6) is 0 Å². The fraction of sp³-hybridized carbons (Fsp3) is 0.778. The third-order valence-electron chi connectivity index (χ3n) is 3.97. The third kappa shape index (κ3) is 9.04. The standard InChI is InChI=1S/C18H36N/c1-5-9-10-11-12-13-14-18-19(15-6-2,16-7-3)17-8-4/h6-7H,2-3,5,8-18H2,1,4H3/q+1. The highest BCUT2D eigenvalue weighted by molar-refractivity contribution is 4.72. The molecular formula is C18H36N+. The summed E-state index contributed by atoms with van der Waals surface area (Å²) >= 11 is 0. The zero-order valence-corrected chi connectivity index (χ0v) is 13.5. The van der Waals surface area contributed by atoms with Gasteiger partial charge in [0.2, 0.25) is 0 Å². The fourth-order valence-corrected chi connectivity index (χ4v) is 2.98. The molecule has 0 rings (SSSR count). The molecule has 0 aromatic heterocycles. The molecule has 0 aromatic rings. The lowest BCUT2D eigenvalue weighted by molar-refractivity contribution is -0.917. The van der Waals surface area contributed by atoms with E-state index in [0.29, 0.717) is 0 Å². The van der Waals surface area contributed by atoms with Crippen molar-refractivity contribution in [1.29, 1.82) is 0 Å². The molecule has 0 bridgehead atoms. The molecule has 112 valence electrons. The second-order valence-electron chi connectivity index (χ2n) is 5.85. The molecule has 0 atom stereocenters. The Labute approximate surface area is 122 Å². The van der Waals surface area contributed by atoms with Crippen LogP contribution >= 0.6 is 0 Å². The van der Waals surface area contributed by atoms with Gasteiger partial charge in [-0.25, -0.2) is 0 Å². The van der Waals surface area contributed by atoms with Gasteiger partial charge in [0.1, 0.15) is 0 Å². The van der Waals surface area contributed by atoms with E-state index in [1.807, 2.05) is 0 Å². The average Bonchev–Trinajstić information content (AvgIpc) is 2.39. The second-order valence-corrected chi connectivity index (χ2v) is 5.85. The summed E-state index contributed by atoms with van der Waals surface area (Å²) in [6.07, 6.45) is 15.2. The first-order valence-electron chi connectivity index (χ1n) is 8.31. The SMILES string of the molecule is C=CC[N+](CC=C)(CCC)CCCCCCCCC. The molecule has 1 nitrogen and oxygen atoms in total. The summed E-state index contributed by atoms with van der Waals surface area (Å²) in [5.74, 6) is 0. The van der Waals surface area contributed by atoms with Gasteiger partial charge in [0.05, 0.1) is 26.2 Å². The number of quaternary nitrogens is 1. The van der Waals surface area contributed by atoms with Crippen LogP contribution in [0.25, 0.3) is 0 Å². The van der Waals surface area contributed by atoms with Crippen molar-refractivity contribution in [3.05, 3.63) is 25.3 Å². The van der Waals surface area contributed by atoms with Crippen LogP contribution in [0.1, 0.15) is 65.2 Å². The topological polar surface area (TPSA) is 0 Å². The number of rotatable bonds is 14. The van der Waals surface area contributed by atoms with Gasteiger partial charge >= 0.3 is 0 Å². The summed E-state index contributed by atoms with van der Waals surface area (Å²) in [4.78, 5) is 0. The molecule has 0 radical (unpaired) electrons. The van der Waals surface area contributed by atoms with E-state index >= 15 is 0 Å². The predicted molar refractivity (Wildman–Crippen MR) is 88.4 cm³/mol. The van der Waals surface area contributed by atoms with Crippen LogP contribution in [-0.2, 0) is 0 Å². The largest absolute Gasteiger partial charge is 0.317 e. The lowest BCUT2D eigenvalue weighted by atomic mass is 10.1. The van der Waals surface area contributed by atoms with Gasteiger partial charge in [-0.2, -0.15) is 0 Å². The van der Waals surface area contributed by atoms with Gasteiger partial charge in [-0.05, 0) is 31.4 Å². The molecule has 0 saturated carbocycles. The minimum absolute atomic E-state index is 1.09. The van der Waals surface area contributed by atoms with Crippen molar-refractivity contribution in [2.24, 2.45) is 0 Å². The quantitative estimate of drug-likeness (QED) is 0.226. The maximum atomic E-state index is 3.94. The van der Waals surface area contributed by atoms with Crippen LogP contribution in [0.2, 0.25) is 0 Å². The lowest BCUT2D eigenvalue weighted by Gasteiger charge is -2.37. The number of hydrogen-bond donors (Lipinski definition) is 0. The summed E-state index contributed by atoms with van der Waals surface area (Å²) in [5, 5.41) is 0.